The average molecular weight is 271 g/mol. The van der Waals surface area contributed by atoms with Crippen LogP contribution in [0.2, 0.25) is 0 Å². The van der Waals surface area contributed by atoms with Crippen molar-refractivity contribution in [2.24, 2.45) is 0 Å². The number of aliphatic carboxylic acids is 1. The number of ether oxygens (including phenoxy) is 1. The Bertz CT molecular complexity index is 375. The standard InChI is InChI=1S/C12H17NO4S/c14-11(9-3-4-10(18-9)12(15)16)13-7-5-6-1-2-8(7)17-6/h6-10H,1-5H2,(H,13,14)(H,15,16)/t6-,7-,8+,9+,10-/m1/s1. The van der Waals surface area contributed by atoms with Crippen LogP contribution in [0.15, 0.2) is 0 Å². The fraction of sp³-hybridized carbons (Fsp3) is 0.833. The molecule has 0 radical (unpaired) electrons. The summed E-state index contributed by atoms with van der Waals surface area (Å²) in [6, 6.07) is 0.140. The van der Waals surface area contributed by atoms with Crippen molar-refractivity contribution >= 4 is 23.6 Å². The highest BCUT2D eigenvalue weighted by Gasteiger charge is 2.43. The predicted octanol–water partition coefficient (Wildman–Crippen LogP) is 0.771. The smallest absolute Gasteiger partial charge is 0.316 e. The molecule has 1 amide bonds. The van der Waals surface area contributed by atoms with Crippen LogP contribution in [0.5, 0.6) is 0 Å². The van der Waals surface area contributed by atoms with Gasteiger partial charge in [-0.3, -0.25) is 9.59 Å². The van der Waals surface area contributed by atoms with E-state index in [-0.39, 0.29) is 23.3 Å². The van der Waals surface area contributed by atoms with Gasteiger partial charge >= 0.3 is 5.97 Å². The highest BCUT2D eigenvalue weighted by Crippen LogP contribution is 2.36. The summed E-state index contributed by atoms with van der Waals surface area (Å²) in [6.45, 7) is 0. The van der Waals surface area contributed by atoms with E-state index < -0.39 is 11.2 Å². The first kappa shape index (κ1) is 12.3. The minimum Gasteiger partial charge on any atom is -0.480 e. The van der Waals surface area contributed by atoms with E-state index >= 15 is 0 Å². The highest BCUT2D eigenvalue weighted by atomic mass is 32.2. The van der Waals surface area contributed by atoms with Crippen molar-refractivity contribution in [2.45, 2.75) is 60.9 Å². The van der Waals surface area contributed by atoms with Gasteiger partial charge < -0.3 is 15.2 Å². The second-order valence-corrected chi connectivity index (χ2v) is 6.66. The zero-order valence-corrected chi connectivity index (χ0v) is 10.8. The van der Waals surface area contributed by atoms with Crippen molar-refractivity contribution < 1.29 is 19.4 Å². The van der Waals surface area contributed by atoms with Crippen LogP contribution in [0.25, 0.3) is 0 Å². The number of thioether (sulfide) groups is 1. The van der Waals surface area contributed by atoms with Crippen molar-refractivity contribution in [3.05, 3.63) is 0 Å². The van der Waals surface area contributed by atoms with E-state index in [1.165, 1.54) is 11.8 Å². The quantitative estimate of drug-likeness (QED) is 0.793. The number of hydrogen-bond acceptors (Lipinski definition) is 4. The average Bonchev–Trinajstić information content (AvgIpc) is 3.04. The first-order valence-corrected chi connectivity index (χ1v) is 7.42. The summed E-state index contributed by atoms with van der Waals surface area (Å²) < 4.78 is 5.69. The van der Waals surface area contributed by atoms with Gasteiger partial charge in [-0.2, -0.15) is 0 Å². The molecule has 100 valence electrons. The molecule has 3 aliphatic rings. The van der Waals surface area contributed by atoms with Crippen molar-refractivity contribution in [2.75, 3.05) is 0 Å². The lowest BCUT2D eigenvalue weighted by Gasteiger charge is -2.21. The molecule has 3 heterocycles. The molecule has 18 heavy (non-hydrogen) atoms. The van der Waals surface area contributed by atoms with Crippen LogP contribution in [-0.4, -0.2) is 45.7 Å². The lowest BCUT2D eigenvalue weighted by atomic mass is 9.95. The first-order chi connectivity index (χ1) is 8.63. The van der Waals surface area contributed by atoms with Crippen LogP contribution < -0.4 is 5.32 Å². The molecule has 3 rings (SSSR count). The number of hydrogen-bond donors (Lipinski definition) is 2. The van der Waals surface area contributed by atoms with E-state index in [1.54, 1.807) is 0 Å². The topological polar surface area (TPSA) is 75.6 Å². The van der Waals surface area contributed by atoms with Gasteiger partial charge in [0.25, 0.3) is 0 Å². The number of carbonyl (C=O) groups excluding carboxylic acids is 1. The first-order valence-electron chi connectivity index (χ1n) is 6.47. The SMILES string of the molecule is O=C(N[C@@H]1C[C@H]2CC[C@@H]1O2)[C@@H]1CC[C@H](C(=O)O)S1. The summed E-state index contributed by atoms with van der Waals surface area (Å²) in [5, 5.41) is 11.3. The Morgan fingerprint density at radius 3 is 2.50 bits per heavy atom. The highest BCUT2D eigenvalue weighted by molar-refractivity contribution is 8.02. The Labute approximate surface area is 110 Å². The molecule has 0 aromatic heterocycles. The summed E-state index contributed by atoms with van der Waals surface area (Å²) in [5.74, 6) is -0.816. The molecule has 0 aromatic rings. The molecule has 5 nitrogen and oxygen atoms in total. The lowest BCUT2D eigenvalue weighted by molar-refractivity contribution is -0.136. The monoisotopic (exact) mass is 271 g/mol. The number of nitrogens with one attached hydrogen (secondary N) is 1. The molecule has 3 aliphatic heterocycles. The molecule has 3 saturated heterocycles. The second-order valence-electron chi connectivity index (χ2n) is 5.25. The molecule has 0 saturated carbocycles. The molecule has 0 aromatic carbocycles. The minimum atomic E-state index is -0.807. The number of carboxylic acid groups (broad SMARTS) is 1. The van der Waals surface area contributed by atoms with Gasteiger partial charge in [-0.15, -0.1) is 11.8 Å². The number of carbonyl (C=O) groups is 2. The second kappa shape index (κ2) is 4.74. The van der Waals surface area contributed by atoms with Gasteiger partial charge in [0.1, 0.15) is 5.25 Å². The Morgan fingerprint density at radius 2 is 1.94 bits per heavy atom. The summed E-state index contributed by atoms with van der Waals surface area (Å²) >= 11 is 1.28. The van der Waals surface area contributed by atoms with Crippen LogP contribution in [0.3, 0.4) is 0 Å². The Morgan fingerprint density at radius 1 is 1.17 bits per heavy atom. The van der Waals surface area contributed by atoms with Crippen molar-refractivity contribution in [3.63, 3.8) is 0 Å². The Kier molecular flexibility index (Phi) is 3.23. The molecule has 6 heteroatoms. The van der Waals surface area contributed by atoms with Gasteiger partial charge in [-0.05, 0) is 32.1 Å². The van der Waals surface area contributed by atoms with E-state index in [2.05, 4.69) is 5.32 Å². The van der Waals surface area contributed by atoms with Gasteiger partial charge in [0.05, 0.1) is 23.5 Å². The largest absolute Gasteiger partial charge is 0.480 e. The third kappa shape index (κ3) is 2.23. The van der Waals surface area contributed by atoms with Gasteiger partial charge in [0.15, 0.2) is 0 Å². The minimum absolute atomic E-state index is 0.00935. The fourth-order valence-corrected chi connectivity index (χ4v) is 4.33. The number of carboxylic acids is 1. The van der Waals surface area contributed by atoms with Crippen LogP contribution in [0, 0.1) is 0 Å². The molecule has 0 aliphatic carbocycles. The van der Waals surface area contributed by atoms with Crippen molar-refractivity contribution in [1.82, 2.24) is 5.32 Å². The third-order valence-corrected chi connectivity index (χ3v) is 5.57. The van der Waals surface area contributed by atoms with Crippen LogP contribution in [0.4, 0.5) is 0 Å². The van der Waals surface area contributed by atoms with Gasteiger partial charge in [-0.25, -0.2) is 0 Å². The fourth-order valence-electron chi connectivity index (χ4n) is 3.08. The van der Waals surface area contributed by atoms with E-state index in [1.807, 2.05) is 0 Å². The van der Waals surface area contributed by atoms with Gasteiger partial charge in [0, 0.05) is 0 Å². The van der Waals surface area contributed by atoms with E-state index in [0.29, 0.717) is 18.9 Å². The Hall–Kier alpha value is -0.750. The van der Waals surface area contributed by atoms with Crippen LogP contribution in [-0.2, 0) is 14.3 Å². The van der Waals surface area contributed by atoms with E-state index in [0.717, 1.165) is 19.3 Å². The maximum absolute atomic E-state index is 12.1. The summed E-state index contributed by atoms with van der Waals surface area (Å²) in [7, 11) is 0. The molecule has 2 bridgehead atoms. The molecule has 0 unspecified atom stereocenters. The number of amides is 1. The molecule has 0 spiro atoms. The van der Waals surface area contributed by atoms with Crippen molar-refractivity contribution in [1.29, 1.82) is 0 Å². The predicted molar refractivity (Wildman–Crippen MR) is 66.5 cm³/mol. The van der Waals surface area contributed by atoms with Gasteiger partial charge in [-0.1, -0.05) is 0 Å². The van der Waals surface area contributed by atoms with Crippen LogP contribution in [0.1, 0.15) is 32.1 Å². The molecular weight excluding hydrogens is 254 g/mol. The zero-order chi connectivity index (χ0) is 12.7. The molecule has 5 atom stereocenters. The number of rotatable bonds is 3. The lowest BCUT2D eigenvalue weighted by Crippen LogP contribution is -2.44. The van der Waals surface area contributed by atoms with Gasteiger partial charge in [0.2, 0.25) is 5.91 Å². The van der Waals surface area contributed by atoms with Crippen molar-refractivity contribution in [3.8, 4) is 0 Å². The third-order valence-electron chi connectivity index (χ3n) is 4.02. The van der Waals surface area contributed by atoms with Crippen LogP contribution >= 0.6 is 11.8 Å². The zero-order valence-electron chi connectivity index (χ0n) is 10.0. The van der Waals surface area contributed by atoms with E-state index in [4.69, 9.17) is 9.84 Å². The summed E-state index contributed by atoms with van der Waals surface area (Å²) in [5.41, 5.74) is 0. The molecule has 2 N–H and O–H groups in total. The maximum Gasteiger partial charge on any atom is 0.316 e. The number of fused-ring (bicyclic) bond motifs is 2. The Balaban J connectivity index is 1.52. The maximum atomic E-state index is 12.1. The normalized spacial score (nSPS) is 42.1. The molecule has 3 fully saturated rings. The molecular formula is C12H17NO4S. The summed E-state index contributed by atoms with van der Waals surface area (Å²) in [6.07, 6.45) is 4.81. The van der Waals surface area contributed by atoms with E-state index in [9.17, 15) is 9.59 Å². The summed E-state index contributed by atoms with van der Waals surface area (Å²) in [4.78, 5) is 22.9.